The number of nitrogens with two attached hydrogens (primary N) is 1. The van der Waals surface area contributed by atoms with E-state index >= 15 is 0 Å². The van der Waals surface area contributed by atoms with Crippen LogP contribution in [0.4, 0.5) is 0 Å². The second-order valence-electron chi connectivity index (χ2n) is 14.1. The summed E-state index contributed by atoms with van der Waals surface area (Å²) < 4.78 is 4.95. The zero-order chi connectivity index (χ0) is 48.4. The second kappa shape index (κ2) is 31.4. The van der Waals surface area contributed by atoms with Gasteiger partial charge in [-0.1, -0.05) is 91.0 Å². The molecule has 23 heteroatoms. The van der Waals surface area contributed by atoms with Crippen molar-refractivity contribution in [3.63, 3.8) is 0 Å². The van der Waals surface area contributed by atoms with Gasteiger partial charge in [-0.2, -0.15) is 0 Å². The average molecular weight is 928 g/mol. The lowest BCUT2D eigenvalue weighted by Crippen LogP contribution is -2.54. The summed E-state index contributed by atoms with van der Waals surface area (Å²) in [6.45, 7) is -2.27. The molecule has 0 aliphatic carbocycles. The van der Waals surface area contributed by atoms with Crippen molar-refractivity contribution in [2.24, 2.45) is 5.73 Å². The fourth-order valence-corrected chi connectivity index (χ4v) is 5.29. The van der Waals surface area contributed by atoms with E-state index in [0.29, 0.717) is 6.42 Å². The van der Waals surface area contributed by atoms with Crippen LogP contribution in [-0.2, 0) is 43.2 Å². The van der Waals surface area contributed by atoms with Gasteiger partial charge in [0, 0.05) is 0 Å². The molecule has 0 spiro atoms. The first kappa shape index (κ1) is 59.5. The molecule has 364 valence electrons. The number of carboxylic acid groups (broad SMARTS) is 3. The minimum absolute atomic E-state index is 0. The van der Waals surface area contributed by atoms with Crippen LogP contribution in [0.25, 0.3) is 0 Å². The molecular formula is C42H61N3O20. The van der Waals surface area contributed by atoms with Gasteiger partial charge in [-0.3, -0.25) is 25.0 Å². The van der Waals surface area contributed by atoms with E-state index in [4.69, 9.17) is 51.3 Å². The number of hydrogen-bond donors (Lipinski definition) is 17. The Bertz CT molecular complexity index is 1830. The number of rotatable bonds is 21. The standard InChI is InChI=1S/2C14H19NO6.C9H11NO2.C5H10O5.H2O/c16-11-7-21-14(20,12(11)17)8-15-10(13(18)19)6-9-4-2-1-3-5-9;16-8-12(18)13(19)11(17)7-15-10(14(20)21)6-9-4-2-1-3-5-9;10-8(9(11)12)6-7-4-2-1-3-5-7;6-1-3(8)5(10)4(9)2-7;/h1-5,10-12,15-17,20H,6-8H2,(H,18,19);1-5,10,12,15-19H,6-8H2,(H,20,21);1-5,8H,6,10H2,(H,11,12);1,3-5,7-10H,2H2;1H2/b;13-11+;;;/t10-,11?,12?,14?;10-,12-;8-;3-,4+,5+;/m1110./s1. The van der Waals surface area contributed by atoms with Crippen molar-refractivity contribution in [2.75, 3.05) is 32.9 Å². The van der Waals surface area contributed by atoms with Crippen LogP contribution in [0.1, 0.15) is 16.7 Å². The fourth-order valence-electron chi connectivity index (χ4n) is 5.29. The number of hydrogen-bond acceptors (Lipinski definition) is 19. The normalized spacial score (nSPS) is 20.0. The molecule has 1 aliphatic heterocycles. The minimum atomic E-state index is -1.98. The Morgan fingerprint density at radius 1 is 0.708 bits per heavy atom. The number of carbonyl (C=O) groups is 4. The first-order valence-corrected chi connectivity index (χ1v) is 19.5. The summed E-state index contributed by atoms with van der Waals surface area (Å²) in [5.41, 5.74) is 7.94. The molecule has 20 N–H and O–H groups in total. The Morgan fingerprint density at radius 3 is 1.49 bits per heavy atom. The molecule has 0 amide bonds. The summed E-state index contributed by atoms with van der Waals surface area (Å²) in [5.74, 6) is -6.52. The molecule has 23 nitrogen and oxygen atoms in total. The Balaban J connectivity index is 0.000000875. The van der Waals surface area contributed by atoms with E-state index in [1.807, 2.05) is 54.6 Å². The Kier molecular flexibility index (Phi) is 28.8. The average Bonchev–Trinajstić information content (AvgIpc) is 3.56. The molecule has 4 rings (SSSR count). The monoisotopic (exact) mass is 927 g/mol. The second-order valence-corrected chi connectivity index (χ2v) is 14.1. The quantitative estimate of drug-likeness (QED) is 0.0355. The van der Waals surface area contributed by atoms with Gasteiger partial charge >= 0.3 is 17.9 Å². The lowest BCUT2D eigenvalue weighted by Gasteiger charge is -2.27. The maximum atomic E-state index is 11.3. The summed E-state index contributed by atoms with van der Waals surface area (Å²) in [4.78, 5) is 42.6. The van der Waals surface area contributed by atoms with Gasteiger partial charge in [0.2, 0.25) is 5.79 Å². The van der Waals surface area contributed by atoms with Gasteiger partial charge < -0.3 is 92.2 Å². The van der Waals surface area contributed by atoms with Crippen molar-refractivity contribution in [1.82, 2.24) is 10.6 Å². The van der Waals surface area contributed by atoms with Gasteiger partial charge in [-0.25, -0.2) is 0 Å². The van der Waals surface area contributed by atoms with Crippen molar-refractivity contribution < 1.29 is 101 Å². The summed E-state index contributed by atoms with van der Waals surface area (Å²) in [7, 11) is 0. The molecule has 3 unspecified atom stereocenters. The smallest absolute Gasteiger partial charge is 0.321 e. The first-order valence-electron chi connectivity index (χ1n) is 19.5. The van der Waals surface area contributed by atoms with Gasteiger partial charge in [-0.05, 0) is 36.0 Å². The van der Waals surface area contributed by atoms with Gasteiger partial charge in [-0.15, -0.1) is 0 Å². The van der Waals surface area contributed by atoms with Crippen molar-refractivity contribution in [3.8, 4) is 0 Å². The van der Waals surface area contributed by atoms with E-state index in [1.165, 1.54) is 0 Å². The fraction of sp³-hybridized carbons (Fsp3) is 0.429. The number of aldehydes is 1. The van der Waals surface area contributed by atoms with E-state index in [-0.39, 0.29) is 44.3 Å². The molecule has 10 atom stereocenters. The molecule has 3 aromatic rings. The zero-order valence-corrected chi connectivity index (χ0v) is 35.0. The summed E-state index contributed by atoms with van der Waals surface area (Å²) in [5, 5.41) is 132. The Hall–Kier alpha value is -5.48. The minimum Gasteiger partial charge on any atom is -0.507 e. The van der Waals surface area contributed by atoms with Crippen LogP contribution in [0, 0.1) is 0 Å². The van der Waals surface area contributed by atoms with Gasteiger partial charge in [0.15, 0.2) is 12.0 Å². The lowest BCUT2D eigenvalue weighted by molar-refractivity contribution is -0.212. The first-order chi connectivity index (χ1) is 30.2. The van der Waals surface area contributed by atoms with Crippen LogP contribution in [-0.4, -0.2) is 195 Å². The number of aliphatic hydroxyl groups is 11. The Labute approximate surface area is 372 Å². The van der Waals surface area contributed by atoms with Crippen LogP contribution in [0.2, 0.25) is 0 Å². The highest BCUT2D eigenvalue weighted by molar-refractivity contribution is 5.74. The Morgan fingerprint density at radius 2 is 1.14 bits per heavy atom. The third kappa shape index (κ3) is 22.3. The molecule has 0 aromatic heterocycles. The van der Waals surface area contributed by atoms with Crippen LogP contribution in [0.15, 0.2) is 103 Å². The highest BCUT2D eigenvalue weighted by atomic mass is 16.7. The third-order valence-electron chi connectivity index (χ3n) is 9.08. The van der Waals surface area contributed by atoms with Crippen LogP contribution >= 0.6 is 0 Å². The molecule has 0 saturated carbocycles. The molecule has 0 radical (unpaired) electrons. The van der Waals surface area contributed by atoms with Crippen molar-refractivity contribution in [3.05, 3.63) is 119 Å². The number of aliphatic hydroxyl groups excluding tert-OH is 10. The maximum Gasteiger partial charge on any atom is 0.321 e. The molecule has 0 bridgehead atoms. The van der Waals surface area contributed by atoms with Crippen molar-refractivity contribution in [2.45, 2.75) is 79.8 Å². The highest BCUT2D eigenvalue weighted by Gasteiger charge is 2.48. The van der Waals surface area contributed by atoms with E-state index in [2.05, 4.69) is 10.6 Å². The highest BCUT2D eigenvalue weighted by Crippen LogP contribution is 2.23. The predicted octanol–water partition coefficient (Wildman–Crippen LogP) is -4.26. The van der Waals surface area contributed by atoms with E-state index in [1.54, 1.807) is 36.4 Å². The van der Waals surface area contributed by atoms with Gasteiger partial charge in [0.05, 0.1) is 32.9 Å². The van der Waals surface area contributed by atoms with E-state index in [0.717, 1.165) is 16.7 Å². The van der Waals surface area contributed by atoms with Crippen LogP contribution in [0.5, 0.6) is 0 Å². The molecule has 1 heterocycles. The SMILES string of the molecule is N[C@H](Cc1ccccc1)C(=O)O.O.O=C(O)[C@@H](Cc1ccccc1)NC/C(O)=C(\O)[C@H](O)CO.O=C(O)[C@@H](Cc1ccccc1)NCC1(O)OCC(O)C1O.O=C[C@H](O)[C@@H](O)[C@H](O)CO. The van der Waals surface area contributed by atoms with Crippen molar-refractivity contribution in [1.29, 1.82) is 0 Å². The number of nitrogens with one attached hydrogen (secondary N) is 2. The van der Waals surface area contributed by atoms with Gasteiger partial charge in [0.25, 0.3) is 0 Å². The van der Waals surface area contributed by atoms with Crippen molar-refractivity contribution >= 4 is 24.2 Å². The topological polar surface area (TPSA) is 442 Å². The van der Waals surface area contributed by atoms with E-state index in [9.17, 15) is 49.8 Å². The van der Waals surface area contributed by atoms with Gasteiger partial charge in [0.1, 0.15) is 60.5 Å². The number of carbonyl (C=O) groups excluding carboxylic acids is 1. The number of ether oxygens (including phenoxy) is 1. The summed E-state index contributed by atoms with van der Waals surface area (Å²) >= 11 is 0. The zero-order valence-electron chi connectivity index (χ0n) is 35.0. The lowest BCUT2D eigenvalue weighted by atomic mass is 10.0. The molecule has 1 fully saturated rings. The summed E-state index contributed by atoms with van der Waals surface area (Å²) in [6.07, 6.45) is -8.07. The largest absolute Gasteiger partial charge is 0.507 e. The number of carboxylic acids is 3. The number of aliphatic carboxylic acids is 3. The molecule has 65 heavy (non-hydrogen) atoms. The molecule has 1 aliphatic rings. The van der Waals surface area contributed by atoms with E-state index < -0.39 is 103 Å². The maximum absolute atomic E-state index is 11.3. The van der Waals surface area contributed by atoms with Crippen LogP contribution < -0.4 is 16.4 Å². The summed E-state index contributed by atoms with van der Waals surface area (Å²) in [6, 6.07) is 24.6. The predicted molar refractivity (Wildman–Crippen MR) is 228 cm³/mol. The molecule has 3 aromatic carbocycles. The molecular weight excluding hydrogens is 866 g/mol. The number of benzene rings is 3. The molecule has 1 saturated heterocycles. The van der Waals surface area contributed by atoms with Crippen LogP contribution in [0.3, 0.4) is 0 Å². The third-order valence-corrected chi connectivity index (χ3v) is 9.08.